The summed E-state index contributed by atoms with van der Waals surface area (Å²) in [5.74, 6) is 0.0160. The van der Waals surface area contributed by atoms with Gasteiger partial charge < -0.3 is 15.2 Å². The number of rotatable bonds is 5. The monoisotopic (exact) mass is 335 g/mol. The first-order valence-electron chi connectivity index (χ1n) is 4.84. The minimum Gasteiger partial charge on any atom is -0.508 e. The summed E-state index contributed by atoms with van der Waals surface area (Å²) in [6, 6.07) is 7.01. The fraction of sp³-hybridized carbons (Fsp3) is 0.364. The Bertz CT molecular complexity index is 357. The van der Waals surface area contributed by atoms with E-state index in [9.17, 15) is 9.90 Å². The minimum absolute atomic E-state index is 0.195. The zero-order valence-electron chi connectivity index (χ0n) is 8.94. The molecule has 0 aliphatic heterocycles. The van der Waals surface area contributed by atoms with Crippen LogP contribution in [0.4, 0.5) is 0 Å². The molecule has 0 aromatic heterocycles. The molecule has 0 fully saturated rings. The van der Waals surface area contributed by atoms with E-state index in [1.807, 2.05) is 28.7 Å². The number of benzene rings is 1. The van der Waals surface area contributed by atoms with Gasteiger partial charge in [0.2, 0.25) is 0 Å². The molecule has 5 heteroatoms. The fourth-order valence-corrected chi connectivity index (χ4v) is 1.79. The maximum Gasteiger partial charge on any atom is 0.319 e. The summed E-state index contributed by atoms with van der Waals surface area (Å²) < 4.78 is 4.41. The van der Waals surface area contributed by atoms with E-state index in [0.29, 0.717) is 13.1 Å². The zero-order chi connectivity index (χ0) is 12.0. The van der Waals surface area contributed by atoms with Crippen molar-refractivity contribution in [3.05, 3.63) is 29.8 Å². The van der Waals surface area contributed by atoms with Gasteiger partial charge in [-0.25, -0.2) is 0 Å². The number of phenols is 1. The average Bonchev–Trinajstić information content (AvgIpc) is 2.28. The zero-order valence-corrected chi connectivity index (χ0v) is 11.1. The number of nitrogens with one attached hydrogen (secondary N) is 1. The fourth-order valence-electron chi connectivity index (χ4n) is 1.22. The molecule has 1 aromatic carbocycles. The van der Waals surface area contributed by atoms with Crippen molar-refractivity contribution in [2.45, 2.75) is 10.5 Å². The molecule has 0 saturated carbocycles. The quantitative estimate of drug-likeness (QED) is 0.486. The smallest absolute Gasteiger partial charge is 0.319 e. The van der Waals surface area contributed by atoms with Crippen LogP contribution in [0.1, 0.15) is 5.56 Å². The maximum absolute atomic E-state index is 11.1. The number of carbonyl (C=O) groups is 1. The third kappa shape index (κ3) is 4.36. The molecule has 16 heavy (non-hydrogen) atoms. The normalized spacial score (nSPS) is 12.1. The van der Waals surface area contributed by atoms with Crippen molar-refractivity contribution in [1.29, 1.82) is 0 Å². The van der Waals surface area contributed by atoms with Crippen molar-refractivity contribution in [3.63, 3.8) is 0 Å². The van der Waals surface area contributed by atoms with Crippen molar-refractivity contribution in [3.8, 4) is 5.75 Å². The Morgan fingerprint density at radius 1 is 1.62 bits per heavy atom. The van der Waals surface area contributed by atoms with E-state index in [4.69, 9.17) is 0 Å². The Morgan fingerprint density at radius 3 is 3.00 bits per heavy atom. The molecule has 1 unspecified atom stereocenters. The predicted octanol–water partition coefficient (Wildman–Crippen LogP) is 1.46. The van der Waals surface area contributed by atoms with E-state index in [2.05, 4.69) is 10.1 Å². The highest BCUT2D eigenvalue weighted by Gasteiger charge is 2.13. The first-order valence-corrected chi connectivity index (χ1v) is 6.08. The van der Waals surface area contributed by atoms with Crippen LogP contribution in [0, 0.1) is 0 Å². The number of hydrogen-bond acceptors (Lipinski definition) is 4. The third-order valence-electron chi connectivity index (χ3n) is 2.02. The molecule has 1 rings (SSSR count). The second kappa shape index (κ2) is 6.70. The lowest BCUT2D eigenvalue weighted by molar-refractivity contribution is -0.139. The Hall–Kier alpha value is -0.820. The SMILES string of the molecule is COC(=O)C(I)CNCc1cccc(O)c1. The van der Waals surface area contributed by atoms with Gasteiger partial charge in [-0.15, -0.1) is 0 Å². The first kappa shape index (κ1) is 13.2. The largest absolute Gasteiger partial charge is 0.508 e. The first-order chi connectivity index (χ1) is 7.63. The molecule has 0 saturated heterocycles. The third-order valence-corrected chi connectivity index (χ3v) is 2.97. The summed E-state index contributed by atoms with van der Waals surface area (Å²) in [4.78, 5) is 11.1. The number of phenolic OH excluding ortho intramolecular Hbond substituents is 1. The molecule has 0 bridgehead atoms. The molecule has 0 amide bonds. The molecule has 0 heterocycles. The van der Waals surface area contributed by atoms with E-state index >= 15 is 0 Å². The molecule has 4 nitrogen and oxygen atoms in total. The van der Waals surface area contributed by atoms with Crippen LogP contribution in [0.2, 0.25) is 0 Å². The highest BCUT2D eigenvalue weighted by Crippen LogP contribution is 2.10. The van der Waals surface area contributed by atoms with Gasteiger partial charge >= 0.3 is 5.97 Å². The van der Waals surface area contributed by atoms with Gasteiger partial charge in [-0.3, -0.25) is 4.79 Å². The van der Waals surface area contributed by atoms with Crippen molar-refractivity contribution < 1.29 is 14.6 Å². The summed E-state index contributed by atoms with van der Waals surface area (Å²) in [5.41, 5.74) is 0.980. The predicted molar refractivity (Wildman–Crippen MR) is 69.6 cm³/mol. The van der Waals surface area contributed by atoms with Gasteiger partial charge in [0.05, 0.1) is 7.11 Å². The van der Waals surface area contributed by atoms with Gasteiger partial charge in [0.1, 0.15) is 9.67 Å². The molecule has 2 N–H and O–H groups in total. The molecule has 88 valence electrons. The number of halogens is 1. The molecule has 1 aromatic rings. The summed E-state index contributed by atoms with van der Waals surface area (Å²) in [5, 5.41) is 12.4. The van der Waals surface area contributed by atoms with Crippen LogP contribution in [0.25, 0.3) is 0 Å². The molecule has 0 radical (unpaired) electrons. The second-order valence-corrected chi connectivity index (χ2v) is 4.80. The molecule has 0 aliphatic carbocycles. The van der Waals surface area contributed by atoms with Crippen molar-refractivity contribution >= 4 is 28.6 Å². The van der Waals surface area contributed by atoms with Gasteiger partial charge in [-0.1, -0.05) is 34.7 Å². The Labute approximate surface area is 108 Å². The number of carbonyl (C=O) groups excluding carboxylic acids is 1. The minimum atomic E-state index is -0.232. The summed E-state index contributed by atoms with van der Waals surface area (Å²) >= 11 is 2.03. The lowest BCUT2D eigenvalue weighted by atomic mass is 10.2. The highest BCUT2D eigenvalue weighted by molar-refractivity contribution is 14.1. The lowest BCUT2D eigenvalue weighted by Crippen LogP contribution is -2.29. The Balaban J connectivity index is 2.33. The molecular weight excluding hydrogens is 321 g/mol. The van der Waals surface area contributed by atoms with Crippen LogP contribution in [0.15, 0.2) is 24.3 Å². The lowest BCUT2D eigenvalue weighted by Gasteiger charge is -2.09. The van der Waals surface area contributed by atoms with E-state index < -0.39 is 0 Å². The highest BCUT2D eigenvalue weighted by atomic mass is 127. The summed E-state index contributed by atoms with van der Waals surface area (Å²) in [6.07, 6.45) is 0. The number of esters is 1. The Kier molecular flexibility index (Phi) is 5.54. The Morgan fingerprint density at radius 2 is 2.38 bits per heavy atom. The molecule has 1 atom stereocenters. The number of alkyl halides is 1. The second-order valence-electron chi connectivity index (χ2n) is 3.29. The van der Waals surface area contributed by atoms with E-state index in [1.165, 1.54) is 7.11 Å². The van der Waals surface area contributed by atoms with Crippen molar-refractivity contribution in [1.82, 2.24) is 5.32 Å². The van der Waals surface area contributed by atoms with E-state index in [-0.39, 0.29) is 15.6 Å². The van der Waals surface area contributed by atoms with Gasteiger partial charge in [0.25, 0.3) is 0 Å². The molecule has 0 aliphatic rings. The van der Waals surface area contributed by atoms with Crippen LogP contribution in [0.3, 0.4) is 0 Å². The van der Waals surface area contributed by atoms with Gasteiger partial charge in [-0.2, -0.15) is 0 Å². The molecule has 0 spiro atoms. The standard InChI is InChI=1S/C11H14INO3/c1-16-11(15)10(12)7-13-6-8-3-2-4-9(14)5-8/h2-5,10,13-14H,6-7H2,1H3. The summed E-state index contributed by atoms with van der Waals surface area (Å²) in [7, 11) is 1.38. The van der Waals surface area contributed by atoms with Crippen LogP contribution >= 0.6 is 22.6 Å². The number of aromatic hydroxyl groups is 1. The number of hydrogen-bond donors (Lipinski definition) is 2. The molecular formula is C11H14INO3. The van der Waals surface area contributed by atoms with E-state index in [0.717, 1.165) is 5.56 Å². The van der Waals surface area contributed by atoms with Gasteiger partial charge in [0, 0.05) is 13.1 Å². The number of ether oxygens (including phenoxy) is 1. The average molecular weight is 335 g/mol. The van der Waals surface area contributed by atoms with Gasteiger partial charge in [0.15, 0.2) is 0 Å². The maximum atomic E-state index is 11.1. The van der Waals surface area contributed by atoms with Crippen LogP contribution in [0.5, 0.6) is 5.75 Å². The van der Waals surface area contributed by atoms with Crippen LogP contribution < -0.4 is 5.32 Å². The topological polar surface area (TPSA) is 58.6 Å². The van der Waals surface area contributed by atoms with Crippen molar-refractivity contribution in [2.75, 3.05) is 13.7 Å². The van der Waals surface area contributed by atoms with Crippen LogP contribution in [-0.2, 0) is 16.1 Å². The number of methoxy groups -OCH3 is 1. The van der Waals surface area contributed by atoms with Crippen LogP contribution in [-0.4, -0.2) is 28.7 Å². The van der Waals surface area contributed by atoms with E-state index in [1.54, 1.807) is 18.2 Å². The van der Waals surface area contributed by atoms with Gasteiger partial charge in [-0.05, 0) is 17.7 Å². The summed E-state index contributed by atoms with van der Waals surface area (Å²) in [6.45, 7) is 1.16. The van der Waals surface area contributed by atoms with Crippen molar-refractivity contribution in [2.24, 2.45) is 0 Å².